The minimum atomic E-state index is -2.79. The molecule has 0 radical (unpaired) electrons. The van der Waals surface area contributed by atoms with E-state index in [4.69, 9.17) is 9.11 Å². The molecule has 0 spiro atoms. The number of rotatable bonds is 2. The third-order valence-corrected chi connectivity index (χ3v) is 2.18. The zero-order chi connectivity index (χ0) is 10.1. The van der Waals surface area contributed by atoms with Crippen molar-refractivity contribution in [2.24, 2.45) is 0 Å². The summed E-state index contributed by atoms with van der Waals surface area (Å²) in [6.07, 6.45) is 2.83. The molecule has 13 heavy (non-hydrogen) atoms. The molecule has 0 aliphatic carbocycles. The fraction of sp³-hybridized carbons (Fsp3) is 0.333. The molecule has 0 bridgehead atoms. The Labute approximate surface area is 86.2 Å². The van der Waals surface area contributed by atoms with E-state index < -0.39 is 10.8 Å². The number of anilines is 1. The average Bonchev–Trinajstić information content (AvgIpc) is 1.94. The lowest BCUT2D eigenvalue weighted by atomic mass is 10.5. The highest BCUT2D eigenvalue weighted by Crippen LogP contribution is 2.34. The molecule has 3 N–H and O–H groups in total. The van der Waals surface area contributed by atoms with E-state index in [2.05, 4.69) is 30.6 Å². The Balaban J connectivity index is 2.94. The van der Waals surface area contributed by atoms with E-state index in [-0.39, 0.29) is 0 Å². The van der Waals surface area contributed by atoms with Gasteiger partial charge in [0.2, 0.25) is 0 Å². The Bertz CT molecular complexity index is 315. The second-order valence-corrected chi connectivity index (χ2v) is 5.25. The summed E-state index contributed by atoms with van der Waals surface area (Å²) in [5, 5.41) is 0. The van der Waals surface area contributed by atoms with Crippen LogP contribution in [0.4, 0.5) is 5.82 Å². The van der Waals surface area contributed by atoms with Crippen LogP contribution >= 0.6 is 26.7 Å². The predicted molar refractivity (Wildman–Crippen MR) is 56.9 cm³/mol. The first-order valence-corrected chi connectivity index (χ1v) is 6.13. The van der Waals surface area contributed by atoms with E-state index in [1.807, 2.05) is 0 Å². The van der Waals surface area contributed by atoms with E-state index >= 15 is 0 Å². The topological polar surface area (TPSA) is 78.3 Å². The number of nitrogens with one attached hydrogen (secondary N) is 1. The summed E-state index contributed by atoms with van der Waals surface area (Å²) in [5.41, 5.74) is 0.616. The molecule has 0 unspecified atom stereocenters. The van der Waals surface area contributed by atoms with Gasteiger partial charge in [-0.05, 0) is 22.9 Å². The Morgan fingerprint density at radius 2 is 2.15 bits per heavy atom. The molecule has 0 amide bonds. The first kappa shape index (κ1) is 10.7. The van der Waals surface area contributed by atoms with Crippen molar-refractivity contribution in [3.63, 3.8) is 0 Å². The van der Waals surface area contributed by atoms with E-state index in [1.165, 1.54) is 6.26 Å². The van der Waals surface area contributed by atoms with E-state index in [9.17, 15) is 0 Å². The molecule has 1 heterocycles. The molecule has 0 aromatic carbocycles. The van der Waals surface area contributed by atoms with Crippen molar-refractivity contribution in [3.8, 4) is 0 Å². The molecule has 74 valence electrons. The van der Waals surface area contributed by atoms with Gasteiger partial charge >= 0.3 is 0 Å². The Morgan fingerprint density at radius 3 is 2.69 bits per heavy atom. The molecule has 7 heteroatoms. The van der Waals surface area contributed by atoms with E-state index in [0.29, 0.717) is 16.1 Å². The largest absolute Gasteiger partial charge is 0.282 e. The summed E-state index contributed by atoms with van der Waals surface area (Å²) in [6.45, 7) is 1.73. The fourth-order valence-electron chi connectivity index (χ4n) is 0.708. The van der Waals surface area contributed by atoms with Crippen molar-refractivity contribution in [2.45, 2.75) is 6.92 Å². The van der Waals surface area contributed by atoms with Gasteiger partial charge in [0.1, 0.15) is 4.60 Å². The van der Waals surface area contributed by atoms with Crippen LogP contribution < -0.4 is 4.72 Å². The number of aryl methyl sites for hydroxylation is 1. The summed E-state index contributed by atoms with van der Waals surface area (Å²) in [4.78, 5) is 7.98. The van der Waals surface area contributed by atoms with Crippen LogP contribution in [0.25, 0.3) is 0 Å². The maximum absolute atomic E-state index is 9.13. The van der Waals surface area contributed by atoms with Gasteiger partial charge in [0.15, 0.2) is 5.82 Å². The SMILES string of the molecule is Cc1ncc(Br)nc1NS(C)(O)O. The van der Waals surface area contributed by atoms with Gasteiger partial charge in [0, 0.05) is 6.26 Å². The highest BCUT2D eigenvalue weighted by molar-refractivity contribution is 9.10. The van der Waals surface area contributed by atoms with Crippen LogP contribution in [0.2, 0.25) is 0 Å². The lowest BCUT2D eigenvalue weighted by Gasteiger charge is -2.28. The highest BCUT2D eigenvalue weighted by atomic mass is 79.9. The van der Waals surface area contributed by atoms with Crippen molar-refractivity contribution < 1.29 is 9.11 Å². The monoisotopic (exact) mass is 267 g/mol. The average molecular weight is 268 g/mol. The summed E-state index contributed by atoms with van der Waals surface area (Å²) in [5.74, 6) is 0.372. The first-order valence-electron chi connectivity index (χ1n) is 3.38. The van der Waals surface area contributed by atoms with Crippen LogP contribution in [0.5, 0.6) is 0 Å². The molecular weight excluding hydrogens is 258 g/mol. The summed E-state index contributed by atoms with van der Waals surface area (Å²) >= 11 is 3.14. The lowest BCUT2D eigenvalue weighted by Crippen LogP contribution is -2.09. The molecule has 1 aromatic rings. The second kappa shape index (κ2) is 3.79. The fourth-order valence-corrected chi connectivity index (χ4v) is 1.55. The van der Waals surface area contributed by atoms with Crippen molar-refractivity contribution in [1.29, 1.82) is 0 Å². The van der Waals surface area contributed by atoms with E-state index in [1.54, 1.807) is 13.1 Å². The predicted octanol–water partition coefficient (Wildman–Crippen LogP) is 2.25. The van der Waals surface area contributed by atoms with Crippen molar-refractivity contribution in [2.75, 3.05) is 11.0 Å². The van der Waals surface area contributed by atoms with Crippen molar-refractivity contribution >= 4 is 32.5 Å². The van der Waals surface area contributed by atoms with Gasteiger partial charge in [0.05, 0.1) is 11.9 Å². The number of nitrogens with zero attached hydrogens (tertiary/aromatic N) is 2. The number of aromatic nitrogens is 2. The lowest BCUT2D eigenvalue weighted by molar-refractivity contribution is 0.502. The van der Waals surface area contributed by atoms with Crippen LogP contribution in [-0.4, -0.2) is 25.3 Å². The minimum absolute atomic E-state index is 0.372. The number of hydrogen-bond acceptors (Lipinski definition) is 5. The van der Waals surface area contributed by atoms with Crippen LogP contribution in [0, 0.1) is 6.92 Å². The molecule has 0 atom stereocenters. The maximum atomic E-state index is 9.13. The molecule has 0 aliphatic rings. The van der Waals surface area contributed by atoms with Gasteiger partial charge in [-0.1, -0.05) is 0 Å². The zero-order valence-corrected chi connectivity index (χ0v) is 9.55. The smallest absolute Gasteiger partial charge is 0.166 e. The van der Waals surface area contributed by atoms with Crippen molar-refractivity contribution in [1.82, 2.24) is 9.97 Å². The minimum Gasteiger partial charge on any atom is -0.282 e. The highest BCUT2D eigenvalue weighted by Gasteiger charge is 2.08. The quantitative estimate of drug-likeness (QED) is 0.766. The summed E-state index contributed by atoms with van der Waals surface area (Å²) in [6, 6.07) is 0. The number of halogens is 1. The zero-order valence-electron chi connectivity index (χ0n) is 7.15. The molecular formula is C6H10BrN3O2S. The van der Waals surface area contributed by atoms with Crippen LogP contribution in [-0.2, 0) is 0 Å². The van der Waals surface area contributed by atoms with Crippen LogP contribution in [0.15, 0.2) is 10.8 Å². The molecule has 5 nitrogen and oxygen atoms in total. The van der Waals surface area contributed by atoms with Gasteiger partial charge in [-0.2, -0.15) is 0 Å². The van der Waals surface area contributed by atoms with Gasteiger partial charge in [0.25, 0.3) is 0 Å². The standard InChI is InChI=1S/C6H10BrN3O2S/c1-4-6(10-13(2,11)12)9-5(7)3-8-4/h3,11-12H,1-2H3,(H,9,10). The van der Waals surface area contributed by atoms with Crippen LogP contribution in [0.3, 0.4) is 0 Å². The molecule has 1 aromatic heterocycles. The van der Waals surface area contributed by atoms with Crippen LogP contribution in [0.1, 0.15) is 5.69 Å². The Morgan fingerprint density at radius 1 is 1.54 bits per heavy atom. The molecule has 0 fully saturated rings. The third kappa shape index (κ3) is 3.47. The number of hydrogen-bond donors (Lipinski definition) is 3. The normalized spacial score (nSPS) is 12.7. The molecule has 0 saturated heterocycles. The molecule has 0 aliphatic heterocycles. The maximum Gasteiger partial charge on any atom is 0.166 e. The van der Waals surface area contributed by atoms with Gasteiger partial charge in [-0.15, -0.1) is 10.8 Å². The molecule has 1 rings (SSSR count). The summed E-state index contributed by atoms with van der Waals surface area (Å²) < 4.78 is 21.3. The van der Waals surface area contributed by atoms with Gasteiger partial charge in [-0.25, -0.2) is 4.98 Å². The van der Waals surface area contributed by atoms with E-state index in [0.717, 1.165) is 0 Å². The second-order valence-electron chi connectivity index (χ2n) is 2.56. The van der Waals surface area contributed by atoms with Gasteiger partial charge < -0.3 is 0 Å². The van der Waals surface area contributed by atoms with Crippen molar-refractivity contribution in [3.05, 3.63) is 16.5 Å². The summed E-state index contributed by atoms with van der Waals surface area (Å²) in [7, 11) is -2.79. The molecule has 0 saturated carbocycles. The Hall–Kier alpha value is -0.370. The first-order chi connectivity index (χ1) is 5.88. The third-order valence-electron chi connectivity index (χ3n) is 1.22. The van der Waals surface area contributed by atoms with Gasteiger partial charge in [-0.3, -0.25) is 18.8 Å². The Kier molecular flexibility index (Phi) is 3.12.